The molecule has 0 saturated carbocycles. The summed E-state index contributed by atoms with van der Waals surface area (Å²) >= 11 is 2.06. The summed E-state index contributed by atoms with van der Waals surface area (Å²) < 4.78 is 0. The molecule has 0 radical (unpaired) electrons. The minimum atomic E-state index is 0.688. The maximum Gasteiger partial charge on any atom is 0.0995 e. The smallest absolute Gasteiger partial charge is 0.0995 e. The molecular formula is C14H18N2S. The van der Waals surface area contributed by atoms with Gasteiger partial charge in [-0.1, -0.05) is 32.0 Å². The van der Waals surface area contributed by atoms with E-state index in [1.807, 2.05) is 18.2 Å². The Balaban J connectivity index is 2.08. The minimum Gasteiger partial charge on any atom is -0.297 e. The molecule has 1 aromatic rings. The molecule has 0 amide bonds. The molecule has 2 rings (SSSR count). The van der Waals surface area contributed by atoms with Crippen molar-refractivity contribution in [2.24, 2.45) is 0 Å². The zero-order valence-corrected chi connectivity index (χ0v) is 11.2. The highest BCUT2D eigenvalue weighted by atomic mass is 32.2. The molecule has 2 atom stereocenters. The maximum absolute atomic E-state index is 9.08. The van der Waals surface area contributed by atoms with Crippen LogP contribution in [0.4, 0.5) is 0 Å². The Labute approximate surface area is 108 Å². The second kappa shape index (κ2) is 5.57. The third-order valence-electron chi connectivity index (χ3n) is 3.03. The van der Waals surface area contributed by atoms with Gasteiger partial charge >= 0.3 is 0 Å². The zero-order valence-electron chi connectivity index (χ0n) is 10.4. The predicted octanol–water partition coefficient (Wildman–Crippen LogP) is 2.88. The second-order valence-corrected chi connectivity index (χ2v) is 6.60. The quantitative estimate of drug-likeness (QED) is 0.803. The Morgan fingerprint density at radius 1 is 1.29 bits per heavy atom. The topological polar surface area (TPSA) is 27.0 Å². The van der Waals surface area contributed by atoms with Crippen molar-refractivity contribution in [3.05, 3.63) is 35.4 Å². The fraction of sp³-hybridized carbons (Fsp3) is 0.500. The molecule has 3 heteroatoms. The normalized spacial score (nSPS) is 25.5. The Hall–Kier alpha value is -0.980. The van der Waals surface area contributed by atoms with Crippen LogP contribution in [0, 0.1) is 11.3 Å². The fourth-order valence-corrected chi connectivity index (χ4v) is 3.81. The van der Waals surface area contributed by atoms with E-state index in [0.717, 1.165) is 30.8 Å². The number of nitriles is 1. The summed E-state index contributed by atoms with van der Waals surface area (Å²) in [7, 11) is 0. The first-order chi connectivity index (χ1) is 8.19. The van der Waals surface area contributed by atoms with Crippen molar-refractivity contribution in [2.75, 3.05) is 13.1 Å². The van der Waals surface area contributed by atoms with Gasteiger partial charge in [-0.15, -0.1) is 0 Å². The summed E-state index contributed by atoms with van der Waals surface area (Å²) in [5.41, 5.74) is 1.97. The van der Waals surface area contributed by atoms with E-state index >= 15 is 0 Å². The summed E-state index contributed by atoms with van der Waals surface area (Å²) in [5, 5.41) is 10.5. The molecule has 0 aromatic heterocycles. The SMILES string of the molecule is CC1CN(Cc2ccccc2C#N)CC(C)S1. The van der Waals surface area contributed by atoms with Crippen molar-refractivity contribution < 1.29 is 0 Å². The Morgan fingerprint density at radius 2 is 1.94 bits per heavy atom. The van der Waals surface area contributed by atoms with Gasteiger partial charge in [-0.25, -0.2) is 0 Å². The van der Waals surface area contributed by atoms with Gasteiger partial charge < -0.3 is 0 Å². The molecule has 17 heavy (non-hydrogen) atoms. The van der Waals surface area contributed by atoms with Gasteiger partial charge in [0, 0.05) is 30.1 Å². The average Bonchev–Trinajstić information content (AvgIpc) is 2.28. The lowest BCUT2D eigenvalue weighted by atomic mass is 10.1. The van der Waals surface area contributed by atoms with Gasteiger partial charge in [0.1, 0.15) is 0 Å². The Morgan fingerprint density at radius 3 is 2.59 bits per heavy atom. The molecule has 1 aliphatic rings. The van der Waals surface area contributed by atoms with Crippen LogP contribution in [0.1, 0.15) is 25.0 Å². The lowest BCUT2D eigenvalue weighted by Crippen LogP contribution is -2.39. The number of hydrogen-bond acceptors (Lipinski definition) is 3. The standard InChI is InChI=1S/C14H18N2S/c1-11-8-16(9-12(2)17-11)10-14-6-4-3-5-13(14)7-15/h3-6,11-12H,8-10H2,1-2H3. The van der Waals surface area contributed by atoms with Gasteiger partial charge in [0.2, 0.25) is 0 Å². The lowest BCUT2D eigenvalue weighted by Gasteiger charge is -2.34. The number of nitrogens with zero attached hydrogens (tertiary/aromatic N) is 2. The van der Waals surface area contributed by atoms with Crippen molar-refractivity contribution in [3.63, 3.8) is 0 Å². The molecule has 0 bridgehead atoms. The van der Waals surface area contributed by atoms with Crippen molar-refractivity contribution in [3.8, 4) is 6.07 Å². The highest BCUT2D eigenvalue weighted by molar-refractivity contribution is 8.00. The van der Waals surface area contributed by atoms with Gasteiger partial charge in [-0.2, -0.15) is 17.0 Å². The first-order valence-corrected chi connectivity index (χ1v) is 6.99. The van der Waals surface area contributed by atoms with Crippen LogP contribution in [0.25, 0.3) is 0 Å². The largest absolute Gasteiger partial charge is 0.297 e. The molecule has 0 N–H and O–H groups in total. The summed E-state index contributed by atoms with van der Waals surface area (Å²) in [4.78, 5) is 2.46. The van der Waals surface area contributed by atoms with Gasteiger partial charge in [-0.05, 0) is 11.6 Å². The third-order valence-corrected chi connectivity index (χ3v) is 4.25. The summed E-state index contributed by atoms with van der Waals surface area (Å²) in [6.07, 6.45) is 0. The van der Waals surface area contributed by atoms with E-state index < -0.39 is 0 Å². The van der Waals surface area contributed by atoms with E-state index in [0.29, 0.717) is 10.5 Å². The minimum absolute atomic E-state index is 0.688. The van der Waals surface area contributed by atoms with E-state index in [1.165, 1.54) is 0 Å². The van der Waals surface area contributed by atoms with E-state index in [2.05, 4.69) is 42.6 Å². The first-order valence-electron chi connectivity index (χ1n) is 6.05. The van der Waals surface area contributed by atoms with Crippen LogP contribution in [0.3, 0.4) is 0 Å². The molecular weight excluding hydrogens is 228 g/mol. The summed E-state index contributed by atoms with van der Waals surface area (Å²) in [6, 6.07) is 10.2. The molecule has 1 heterocycles. The molecule has 90 valence electrons. The molecule has 0 aliphatic carbocycles. The van der Waals surface area contributed by atoms with Gasteiger partial charge in [-0.3, -0.25) is 4.90 Å². The van der Waals surface area contributed by atoms with Crippen LogP contribution in [-0.2, 0) is 6.54 Å². The van der Waals surface area contributed by atoms with Crippen molar-refractivity contribution >= 4 is 11.8 Å². The van der Waals surface area contributed by atoms with Gasteiger partial charge in [0.15, 0.2) is 0 Å². The Kier molecular flexibility index (Phi) is 4.09. The summed E-state index contributed by atoms with van der Waals surface area (Å²) in [5.74, 6) is 0. The first kappa shape index (κ1) is 12.5. The molecule has 0 spiro atoms. The van der Waals surface area contributed by atoms with E-state index in [1.54, 1.807) is 0 Å². The molecule has 1 saturated heterocycles. The molecule has 2 nitrogen and oxygen atoms in total. The number of thioether (sulfide) groups is 1. The lowest BCUT2D eigenvalue weighted by molar-refractivity contribution is 0.262. The van der Waals surface area contributed by atoms with Crippen molar-refractivity contribution in [2.45, 2.75) is 30.9 Å². The fourth-order valence-electron chi connectivity index (χ4n) is 2.42. The van der Waals surface area contributed by atoms with Gasteiger partial charge in [0.25, 0.3) is 0 Å². The number of rotatable bonds is 2. The summed E-state index contributed by atoms with van der Waals surface area (Å²) in [6.45, 7) is 7.70. The molecule has 2 unspecified atom stereocenters. The highest BCUT2D eigenvalue weighted by Gasteiger charge is 2.22. The van der Waals surface area contributed by atoms with Crippen LogP contribution in [0.15, 0.2) is 24.3 Å². The van der Waals surface area contributed by atoms with Crippen LogP contribution < -0.4 is 0 Å². The van der Waals surface area contributed by atoms with Crippen LogP contribution >= 0.6 is 11.8 Å². The highest BCUT2D eigenvalue weighted by Crippen LogP contribution is 2.26. The van der Waals surface area contributed by atoms with Crippen LogP contribution in [0.5, 0.6) is 0 Å². The number of hydrogen-bond donors (Lipinski definition) is 0. The van der Waals surface area contributed by atoms with Gasteiger partial charge in [0.05, 0.1) is 11.6 Å². The second-order valence-electron chi connectivity index (χ2n) is 4.72. The number of benzene rings is 1. The zero-order chi connectivity index (χ0) is 12.3. The van der Waals surface area contributed by atoms with Crippen molar-refractivity contribution in [1.82, 2.24) is 4.90 Å². The van der Waals surface area contributed by atoms with Crippen LogP contribution in [-0.4, -0.2) is 28.5 Å². The average molecular weight is 246 g/mol. The van der Waals surface area contributed by atoms with E-state index in [9.17, 15) is 0 Å². The van der Waals surface area contributed by atoms with E-state index in [4.69, 9.17) is 5.26 Å². The molecule has 1 aliphatic heterocycles. The van der Waals surface area contributed by atoms with Crippen LogP contribution in [0.2, 0.25) is 0 Å². The monoisotopic (exact) mass is 246 g/mol. The van der Waals surface area contributed by atoms with Crippen molar-refractivity contribution in [1.29, 1.82) is 5.26 Å². The van der Waals surface area contributed by atoms with E-state index in [-0.39, 0.29) is 0 Å². The predicted molar refractivity (Wildman–Crippen MR) is 72.9 cm³/mol. The molecule has 1 fully saturated rings. The third kappa shape index (κ3) is 3.24. The maximum atomic E-state index is 9.08. The molecule has 1 aromatic carbocycles. The Bertz CT molecular complexity index is 414.